The molecular weight excluding hydrogens is 292 g/mol. The lowest BCUT2D eigenvalue weighted by molar-refractivity contribution is 0.148. The summed E-state index contributed by atoms with van der Waals surface area (Å²) in [7, 11) is 0. The summed E-state index contributed by atoms with van der Waals surface area (Å²) in [6, 6.07) is 0.117. The first-order chi connectivity index (χ1) is 11.1. The number of aromatic nitrogens is 2. The Morgan fingerprint density at radius 2 is 2.35 bits per heavy atom. The number of likely N-dealkylation sites (tertiary alicyclic amines) is 1. The molecule has 1 aliphatic rings. The molecule has 1 saturated heterocycles. The number of carbonyl (C=O) groups excluding carboxylic acids is 1. The third-order valence-corrected chi connectivity index (χ3v) is 4.55. The van der Waals surface area contributed by atoms with Gasteiger partial charge >= 0.3 is 6.03 Å². The molecule has 0 bridgehead atoms. The lowest BCUT2D eigenvalue weighted by Gasteiger charge is -2.35. The number of rotatable bonds is 7. The number of hydrogen-bond donors (Lipinski definition) is 3. The molecule has 0 spiro atoms. The van der Waals surface area contributed by atoms with Gasteiger partial charge in [0.05, 0.1) is 12.2 Å². The average molecular weight is 322 g/mol. The van der Waals surface area contributed by atoms with Crippen LogP contribution in [-0.4, -0.2) is 45.9 Å². The van der Waals surface area contributed by atoms with Gasteiger partial charge in [-0.25, -0.2) is 4.79 Å². The Hall–Kier alpha value is -1.56. The highest BCUT2D eigenvalue weighted by Gasteiger charge is 2.28. The fourth-order valence-electron chi connectivity index (χ4n) is 3.45. The normalized spacial score (nSPS) is 19.8. The molecule has 1 aliphatic heterocycles. The summed E-state index contributed by atoms with van der Waals surface area (Å²) in [5, 5.41) is 19.1. The zero-order valence-corrected chi connectivity index (χ0v) is 14.3. The second-order valence-corrected chi connectivity index (χ2v) is 6.93. The van der Waals surface area contributed by atoms with Gasteiger partial charge in [-0.1, -0.05) is 13.8 Å². The van der Waals surface area contributed by atoms with Crippen molar-refractivity contribution in [1.29, 1.82) is 0 Å². The van der Waals surface area contributed by atoms with E-state index in [9.17, 15) is 9.90 Å². The van der Waals surface area contributed by atoms with Crippen molar-refractivity contribution in [2.75, 3.05) is 19.7 Å². The first kappa shape index (κ1) is 17.8. The van der Waals surface area contributed by atoms with Crippen molar-refractivity contribution < 1.29 is 9.90 Å². The van der Waals surface area contributed by atoms with Gasteiger partial charge in [-0.3, -0.25) is 5.10 Å². The fourth-order valence-corrected chi connectivity index (χ4v) is 3.45. The third kappa shape index (κ3) is 5.23. The number of carbonyl (C=O) groups is 1. The number of aliphatic hydroxyl groups is 1. The molecule has 2 atom stereocenters. The maximum atomic E-state index is 12.6. The lowest BCUT2D eigenvalue weighted by atomic mass is 9.94. The van der Waals surface area contributed by atoms with E-state index in [1.165, 1.54) is 0 Å². The van der Waals surface area contributed by atoms with Crippen LogP contribution in [0.2, 0.25) is 0 Å². The maximum Gasteiger partial charge on any atom is 0.317 e. The van der Waals surface area contributed by atoms with Crippen LogP contribution in [0.1, 0.15) is 57.6 Å². The maximum absolute atomic E-state index is 12.6. The smallest absolute Gasteiger partial charge is 0.317 e. The summed E-state index contributed by atoms with van der Waals surface area (Å²) in [4.78, 5) is 14.6. The van der Waals surface area contributed by atoms with E-state index in [1.54, 1.807) is 0 Å². The molecule has 3 N–H and O–H groups in total. The predicted molar refractivity (Wildman–Crippen MR) is 89.9 cm³/mol. The first-order valence-electron chi connectivity index (χ1n) is 8.75. The van der Waals surface area contributed by atoms with Crippen molar-refractivity contribution in [1.82, 2.24) is 20.4 Å². The zero-order valence-electron chi connectivity index (χ0n) is 14.3. The SMILES string of the molecule is CC(C)CC(CCO)CNC(=O)N1CCCCC1c1cn[nH]c1. The van der Waals surface area contributed by atoms with Gasteiger partial charge in [0, 0.05) is 31.5 Å². The highest BCUT2D eigenvalue weighted by atomic mass is 16.3. The van der Waals surface area contributed by atoms with Crippen LogP contribution in [-0.2, 0) is 0 Å². The van der Waals surface area contributed by atoms with Gasteiger partial charge in [0.1, 0.15) is 0 Å². The molecule has 1 aromatic heterocycles. The second-order valence-electron chi connectivity index (χ2n) is 6.93. The highest BCUT2D eigenvalue weighted by molar-refractivity contribution is 5.74. The summed E-state index contributed by atoms with van der Waals surface area (Å²) in [5.41, 5.74) is 1.08. The van der Waals surface area contributed by atoms with Gasteiger partial charge in [-0.2, -0.15) is 5.10 Å². The molecule has 0 aromatic carbocycles. The lowest BCUT2D eigenvalue weighted by Crippen LogP contribution is -2.46. The van der Waals surface area contributed by atoms with E-state index < -0.39 is 0 Å². The minimum atomic E-state index is 0.00240. The van der Waals surface area contributed by atoms with Crippen LogP contribution in [0.15, 0.2) is 12.4 Å². The standard InChI is InChI=1S/C17H30N4O2/c1-13(2)9-14(6-8-22)10-18-17(23)21-7-4-3-5-16(21)15-11-19-20-12-15/h11-14,16,22H,3-10H2,1-2H3,(H,18,23)(H,19,20). The number of urea groups is 1. The molecule has 0 saturated carbocycles. The number of nitrogens with zero attached hydrogens (tertiary/aromatic N) is 2. The largest absolute Gasteiger partial charge is 0.396 e. The average Bonchev–Trinajstić information content (AvgIpc) is 3.06. The van der Waals surface area contributed by atoms with Crippen molar-refractivity contribution in [2.45, 2.75) is 52.0 Å². The van der Waals surface area contributed by atoms with Crippen LogP contribution < -0.4 is 5.32 Å². The molecule has 0 aliphatic carbocycles. The monoisotopic (exact) mass is 322 g/mol. The van der Waals surface area contributed by atoms with Gasteiger partial charge in [0.2, 0.25) is 0 Å². The van der Waals surface area contributed by atoms with Crippen LogP contribution in [0, 0.1) is 11.8 Å². The fraction of sp³-hybridized carbons (Fsp3) is 0.765. The van der Waals surface area contributed by atoms with E-state index in [0.717, 1.165) is 44.2 Å². The van der Waals surface area contributed by atoms with Crippen LogP contribution in [0.25, 0.3) is 0 Å². The van der Waals surface area contributed by atoms with Gasteiger partial charge in [0.15, 0.2) is 0 Å². The molecule has 2 unspecified atom stereocenters. The minimum absolute atomic E-state index is 0.00240. The number of hydrogen-bond acceptors (Lipinski definition) is 3. The highest BCUT2D eigenvalue weighted by Crippen LogP contribution is 2.30. The number of amides is 2. The molecule has 23 heavy (non-hydrogen) atoms. The van der Waals surface area contributed by atoms with Crippen LogP contribution in [0.3, 0.4) is 0 Å². The third-order valence-electron chi connectivity index (χ3n) is 4.55. The molecule has 2 rings (SSSR count). The van der Waals surface area contributed by atoms with Crippen LogP contribution >= 0.6 is 0 Å². The molecule has 2 amide bonds. The zero-order chi connectivity index (χ0) is 16.7. The Bertz CT molecular complexity index is 461. The Morgan fingerprint density at radius 1 is 1.52 bits per heavy atom. The number of nitrogens with one attached hydrogen (secondary N) is 2. The van der Waals surface area contributed by atoms with Crippen molar-refractivity contribution in [3.05, 3.63) is 18.0 Å². The number of aliphatic hydroxyl groups excluding tert-OH is 1. The Morgan fingerprint density at radius 3 is 3.00 bits per heavy atom. The summed E-state index contributed by atoms with van der Waals surface area (Å²) in [6.45, 7) is 5.94. The van der Waals surface area contributed by atoms with E-state index >= 15 is 0 Å². The summed E-state index contributed by atoms with van der Waals surface area (Å²) < 4.78 is 0. The van der Waals surface area contributed by atoms with E-state index in [1.807, 2.05) is 17.3 Å². The summed E-state index contributed by atoms with van der Waals surface area (Å²) in [6.07, 6.45) is 8.62. The molecule has 130 valence electrons. The van der Waals surface area contributed by atoms with Gasteiger partial charge < -0.3 is 15.3 Å². The van der Waals surface area contributed by atoms with E-state index in [-0.39, 0.29) is 18.7 Å². The summed E-state index contributed by atoms with van der Waals surface area (Å²) >= 11 is 0. The predicted octanol–water partition coefficient (Wildman–Crippen LogP) is 2.69. The van der Waals surface area contributed by atoms with E-state index in [2.05, 4.69) is 29.4 Å². The first-order valence-corrected chi connectivity index (χ1v) is 8.75. The molecular formula is C17H30N4O2. The molecule has 0 radical (unpaired) electrons. The van der Waals surface area contributed by atoms with Crippen LogP contribution in [0.5, 0.6) is 0 Å². The van der Waals surface area contributed by atoms with E-state index in [0.29, 0.717) is 18.4 Å². The number of H-pyrrole nitrogens is 1. The van der Waals surface area contributed by atoms with Crippen molar-refractivity contribution >= 4 is 6.03 Å². The van der Waals surface area contributed by atoms with Gasteiger partial charge in [-0.15, -0.1) is 0 Å². The van der Waals surface area contributed by atoms with E-state index in [4.69, 9.17) is 0 Å². The molecule has 1 aromatic rings. The molecule has 6 heteroatoms. The molecule has 2 heterocycles. The second kappa shape index (κ2) is 8.91. The van der Waals surface area contributed by atoms with Crippen LogP contribution in [0.4, 0.5) is 4.79 Å². The number of piperidine rings is 1. The van der Waals surface area contributed by atoms with Crippen molar-refractivity contribution in [2.24, 2.45) is 11.8 Å². The van der Waals surface area contributed by atoms with Crippen molar-refractivity contribution in [3.63, 3.8) is 0 Å². The van der Waals surface area contributed by atoms with Gasteiger partial charge in [0.25, 0.3) is 0 Å². The van der Waals surface area contributed by atoms with Gasteiger partial charge in [-0.05, 0) is 43.9 Å². The Labute approximate surface area is 138 Å². The van der Waals surface area contributed by atoms with Crippen molar-refractivity contribution in [3.8, 4) is 0 Å². The Kier molecular flexibility index (Phi) is 6.89. The topological polar surface area (TPSA) is 81.2 Å². The quantitative estimate of drug-likeness (QED) is 0.722. The molecule has 1 fully saturated rings. The Balaban J connectivity index is 1.92. The molecule has 6 nitrogen and oxygen atoms in total. The summed E-state index contributed by atoms with van der Waals surface area (Å²) in [5.74, 6) is 0.901. The minimum Gasteiger partial charge on any atom is -0.396 e. The number of aromatic amines is 1.